The minimum Gasteiger partial charge on any atom is -0.352 e. The molecule has 92 valence electrons. The largest absolute Gasteiger partial charge is 0.352 e. The number of rotatable bonds is 3. The summed E-state index contributed by atoms with van der Waals surface area (Å²) in [7, 11) is 0. The highest BCUT2D eigenvalue weighted by Crippen LogP contribution is 2.30. The lowest BCUT2D eigenvalue weighted by Crippen LogP contribution is -2.47. The number of hydrogen-bond donors (Lipinski definition) is 2. The number of amides is 1. The second-order valence-electron chi connectivity index (χ2n) is 5.27. The van der Waals surface area contributed by atoms with Gasteiger partial charge in [0.15, 0.2) is 0 Å². The molecule has 0 spiro atoms. The molecule has 1 saturated carbocycles. The van der Waals surface area contributed by atoms with Gasteiger partial charge >= 0.3 is 0 Å². The summed E-state index contributed by atoms with van der Waals surface area (Å²) >= 11 is 1.89. The van der Waals surface area contributed by atoms with Crippen LogP contribution >= 0.6 is 11.8 Å². The zero-order chi connectivity index (χ0) is 11.6. The maximum atomic E-state index is 12.2. The molecule has 2 rings (SSSR count). The molecule has 0 radical (unpaired) electrons. The first-order valence-electron chi connectivity index (χ1n) is 6.20. The maximum absolute atomic E-state index is 12.2. The third-order valence-electron chi connectivity index (χ3n) is 3.99. The van der Waals surface area contributed by atoms with Crippen molar-refractivity contribution in [2.75, 3.05) is 19.3 Å². The van der Waals surface area contributed by atoms with E-state index in [4.69, 9.17) is 0 Å². The number of nitrogens with one attached hydrogen (secondary N) is 2. The van der Waals surface area contributed by atoms with E-state index in [2.05, 4.69) is 23.8 Å². The minimum absolute atomic E-state index is 0.175. The van der Waals surface area contributed by atoms with E-state index < -0.39 is 0 Å². The molecule has 0 aromatic rings. The summed E-state index contributed by atoms with van der Waals surface area (Å²) < 4.78 is 0. The molecule has 4 heteroatoms. The molecule has 3 unspecified atom stereocenters. The van der Waals surface area contributed by atoms with Gasteiger partial charge in [-0.05, 0) is 39.0 Å². The molecule has 0 aromatic heterocycles. The third-order valence-corrected chi connectivity index (χ3v) is 5.16. The summed E-state index contributed by atoms with van der Waals surface area (Å²) in [5.74, 6) is 0.253. The Bertz CT molecular complexity index is 264. The Labute approximate surface area is 102 Å². The first-order valence-corrected chi connectivity index (χ1v) is 7.49. The Morgan fingerprint density at radius 1 is 1.50 bits per heavy atom. The number of thioether (sulfide) groups is 1. The summed E-state index contributed by atoms with van der Waals surface area (Å²) in [4.78, 5) is 12.2. The van der Waals surface area contributed by atoms with Crippen molar-refractivity contribution in [2.45, 2.75) is 43.9 Å². The van der Waals surface area contributed by atoms with Gasteiger partial charge in [0.1, 0.15) is 0 Å². The summed E-state index contributed by atoms with van der Waals surface area (Å²) in [5, 5.41) is 7.17. The molecule has 1 aliphatic heterocycles. The molecule has 16 heavy (non-hydrogen) atoms. The van der Waals surface area contributed by atoms with E-state index in [-0.39, 0.29) is 11.3 Å². The summed E-state index contributed by atoms with van der Waals surface area (Å²) in [6, 6.07) is 0.403. The van der Waals surface area contributed by atoms with Gasteiger partial charge in [-0.1, -0.05) is 6.42 Å². The average Bonchev–Trinajstić information content (AvgIpc) is 2.87. The zero-order valence-corrected chi connectivity index (χ0v) is 11.0. The van der Waals surface area contributed by atoms with Gasteiger partial charge in [-0.25, -0.2) is 0 Å². The van der Waals surface area contributed by atoms with Crippen molar-refractivity contribution in [3.8, 4) is 0 Å². The van der Waals surface area contributed by atoms with Crippen LogP contribution in [0.25, 0.3) is 0 Å². The lowest BCUT2D eigenvalue weighted by molar-refractivity contribution is -0.129. The van der Waals surface area contributed by atoms with E-state index in [1.54, 1.807) is 0 Å². The van der Waals surface area contributed by atoms with Crippen LogP contribution in [0.4, 0.5) is 0 Å². The van der Waals surface area contributed by atoms with E-state index in [1.165, 1.54) is 12.8 Å². The van der Waals surface area contributed by atoms with Crippen LogP contribution in [0.3, 0.4) is 0 Å². The summed E-state index contributed by atoms with van der Waals surface area (Å²) in [6.07, 6.45) is 6.77. The SMILES string of the molecule is CSC1CCCC1NC(=O)C1(C)CCNC1. The Kier molecular flexibility index (Phi) is 3.80. The fourth-order valence-corrected chi connectivity index (χ4v) is 3.66. The highest BCUT2D eigenvalue weighted by Gasteiger charge is 2.38. The van der Waals surface area contributed by atoms with Crippen LogP contribution in [0.5, 0.6) is 0 Å². The summed E-state index contributed by atoms with van der Waals surface area (Å²) in [5.41, 5.74) is -0.175. The highest BCUT2D eigenvalue weighted by molar-refractivity contribution is 7.99. The van der Waals surface area contributed by atoms with Gasteiger partial charge in [0.25, 0.3) is 0 Å². The molecule has 3 atom stereocenters. The predicted octanol–water partition coefficient (Wildman–Crippen LogP) is 1.39. The predicted molar refractivity (Wildman–Crippen MR) is 68.7 cm³/mol. The molecule has 1 amide bonds. The van der Waals surface area contributed by atoms with Crippen LogP contribution < -0.4 is 10.6 Å². The molecule has 0 aromatic carbocycles. The van der Waals surface area contributed by atoms with E-state index in [1.807, 2.05) is 11.8 Å². The monoisotopic (exact) mass is 242 g/mol. The Morgan fingerprint density at radius 3 is 2.94 bits per heavy atom. The standard InChI is InChI=1S/C12H22N2OS/c1-12(6-7-13-8-12)11(15)14-9-4-3-5-10(9)16-2/h9-10,13H,3-8H2,1-2H3,(H,14,15). The first-order chi connectivity index (χ1) is 7.65. The highest BCUT2D eigenvalue weighted by atomic mass is 32.2. The topological polar surface area (TPSA) is 41.1 Å². The van der Waals surface area contributed by atoms with E-state index in [0.29, 0.717) is 11.3 Å². The average molecular weight is 242 g/mol. The smallest absolute Gasteiger partial charge is 0.227 e. The van der Waals surface area contributed by atoms with Crippen LogP contribution in [0.1, 0.15) is 32.6 Å². The fourth-order valence-electron chi connectivity index (χ4n) is 2.73. The van der Waals surface area contributed by atoms with Crippen molar-refractivity contribution in [1.29, 1.82) is 0 Å². The molecular formula is C12H22N2OS. The van der Waals surface area contributed by atoms with Gasteiger partial charge in [-0.2, -0.15) is 11.8 Å². The van der Waals surface area contributed by atoms with Gasteiger partial charge in [0.05, 0.1) is 5.41 Å². The molecular weight excluding hydrogens is 220 g/mol. The fraction of sp³-hybridized carbons (Fsp3) is 0.917. The lowest BCUT2D eigenvalue weighted by atomic mass is 9.88. The van der Waals surface area contributed by atoms with Crippen LogP contribution in [0, 0.1) is 5.41 Å². The molecule has 1 aliphatic carbocycles. The Morgan fingerprint density at radius 2 is 2.31 bits per heavy atom. The second-order valence-corrected chi connectivity index (χ2v) is 6.35. The van der Waals surface area contributed by atoms with E-state index in [9.17, 15) is 4.79 Å². The lowest BCUT2D eigenvalue weighted by Gasteiger charge is -2.26. The molecule has 1 saturated heterocycles. The van der Waals surface area contributed by atoms with E-state index >= 15 is 0 Å². The Hall–Kier alpha value is -0.220. The normalized spacial score (nSPS) is 38.9. The van der Waals surface area contributed by atoms with Gasteiger partial charge in [-0.15, -0.1) is 0 Å². The van der Waals surface area contributed by atoms with Crippen molar-refractivity contribution < 1.29 is 4.79 Å². The number of carbonyl (C=O) groups is 1. The van der Waals surface area contributed by atoms with Crippen LogP contribution in [-0.4, -0.2) is 36.5 Å². The van der Waals surface area contributed by atoms with Gasteiger partial charge in [0.2, 0.25) is 5.91 Å². The van der Waals surface area contributed by atoms with Crippen LogP contribution in [0.15, 0.2) is 0 Å². The van der Waals surface area contributed by atoms with Gasteiger partial charge < -0.3 is 10.6 Å². The maximum Gasteiger partial charge on any atom is 0.227 e. The van der Waals surface area contributed by atoms with Crippen molar-refractivity contribution >= 4 is 17.7 Å². The molecule has 2 aliphatic rings. The van der Waals surface area contributed by atoms with Gasteiger partial charge in [0, 0.05) is 17.8 Å². The minimum atomic E-state index is -0.175. The van der Waals surface area contributed by atoms with Crippen molar-refractivity contribution in [2.24, 2.45) is 5.41 Å². The Balaban J connectivity index is 1.91. The zero-order valence-electron chi connectivity index (χ0n) is 10.2. The number of carbonyl (C=O) groups excluding carboxylic acids is 1. The molecule has 2 fully saturated rings. The second kappa shape index (κ2) is 4.96. The van der Waals surface area contributed by atoms with Gasteiger partial charge in [-0.3, -0.25) is 4.79 Å². The molecule has 2 N–H and O–H groups in total. The number of hydrogen-bond acceptors (Lipinski definition) is 3. The van der Waals surface area contributed by atoms with Crippen molar-refractivity contribution in [1.82, 2.24) is 10.6 Å². The molecule has 3 nitrogen and oxygen atoms in total. The van der Waals surface area contributed by atoms with Crippen LogP contribution in [-0.2, 0) is 4.79 Å². The first kappa shape index (κ1) is 12.2. The molecule has 0 bridgehead atoms. The van der Waals surface area contributed by atoms with Crippen molar-refractivity contribution in [3.05, 3.63) is 0 Å². The molecule has 1 heterocycles. The quantitative estimate of drug-likeness (QED) is 0.786. The van der Waals surface area contributed by atoms with E-state index in [0.717, 1.165) is 25.9 Å². The van der Waals surface area contributed by atoms with Crippen molar-refractivity contribution in [3.63, 3.8) is 0 Å². The third kappa shape index (κ3) is 2.38. The van der Waals surface area contributed by atoms with Crippen LogP contribution in [0.2, 0.25) is 0 Å². The summed E-state index contributed by atoms with van der Waals surface area (Å²) in [6.45, 7) is 3.88.